The Hall–Kier alpha value is -2.14. The minimum Gasteiger partial charge on any atom is -0.380 e. The molecule has 3 rings (SSSR count). The molecular formula is C18H23N3O2. The highest BCUT2D eigenvalue weighted by molar-refractivity contribution is 5.76. The highest BCUT2D eigenvalue weighted by Gasteiger charge is 2.19. The predicted molar refractivity (Wildman–Crippen MR) is 87.7 cm³/mol. The number of nitrogens with one attached hydrogen (secondary N) is 1. The summed E-state index contributed by atoms with van der Waals surface area (Å²) in [5.41, 5.74) is 0.771. The second-order valence-electron chi connectivity index (χ2n) is 6.13. The summed E-state index contributed by atoms with van der Waals surface area (Å²) in [6, 6.07) is 9.66. The van der Waals surface area contributed by atoms with E-state index in [-0.39, 0.29) is 12.5 Å². The van der Waals surface area contributed by atoms with Gasteiger partial charge in [-0.2, -0.15) is 0 Å². The van der Waals surface area contributed by atoms with Crippen molar-refractivity contribution in [2.45, 2.75) is 50.8 Å². The van der Waals surface area contributed by atoms with E-state index in [9.17, 15) is 9.90 Å². The maximum absolute atomic E-state index is 12.2. The summed E-state index contributed by atoms with van der Waals surface area (Å²) in [4.78, 5) is 16.5. The van der Waals surface area contributed by atoms with Crippen LogP contribution in [-0.4, -0.2) is 26.6 Å². The van der Waals surface area contributed by atoms with E-state index in [1.54, 1.807) is 17.0 Å². The zero-order valence-corrected chi connectivity index (χ0v) is 13.2. The van der Waals surface area contributed by atoms with Crippen LogP contribution in [0.15, 0.2) is 42.7 Å². The first-order valence-electron chi connectivity index (χ1n) is 8.27. The fourth-order valence-corrected chi connectivity index (χ4v) is 3.16. The summed E-state index contributed by atoms with van der Waals surface area (Å²) >= 11 is 0. The molecule has 5 nitrogen and oxygen atoms in total. The van der Waals surface area contributed by atoms with E-state index in [0.29, 0.717) is 11.9 Å². The summed E-state index contributed by atoms with van der Waals surface area (Å²) in [6.45, 7) is 0.190. The third-order valence-corrected chi connectivity index (χ3v) is 4.39. The van der Waals surface area contributed by atoms with Gasteiger partial charge in [0.1, 0.15) is 18.5 Å². The second-order valence-corrected chi connectivity index (χ2v) is 6.13. The maximum atomic E-state index is 12.2. The van der Waals surface area contributed by atoms with Gasteiger partial charge in [-0.3, -0.25) is 4.79 Å². The summed E-state index contributed by atoms with van der Waals surface area (Å²) in [5.74, 6) is 0.478. The lowest BCUT2D eigenvalue weighted by atomic mass is 9.95. The lowest BCUT2D eigenvalue weighted by Gasteiger charge is -2.23. The molecule has 1 aliphatic rings. The Kier molecular flexibility index (Phi) is 5.08. The summed E-state index contributed by atoms with van der Waals surface area (Å²) in [7, 11) is 0. The van der Waals surface area contributed by atoms with Crippen LogP contribution in [0.3, 0.4) is 0 Å². The van der Waals surface area contributed by atoms with Crippen LogP contribution in [0, 0.1) is 0 Å². The molecule has 0 saturated heterocycles. The SMILES string of the molecule is O=C(Cn1ccnc1[C@@H](O)c1ccccc1)NC1CCCCC1. The molecule has 122 valence electrons. The maximum Gasteiger partial charge on any atom is 0.240 e. The predicted octanol–water partition coefficient (Wildman–Crippen LogP) is 2.41. The Morgan fingerprint density at radius 1 is 1.26 bits per heavy atom. The number of hydrogen-bond donors (Lipinski definition) is 2. The summed E-state index contributed by atoms with van der Waals surface area (Å²) in [5, 5.41) is 13.6. The minimum atomic E-state index is -0.825. The van der Waals surface area contributed by atoms with Crippen LogP contribution in [0.25, 0.3) is 0 Å². The van der Waals surface area contributed by atoms with Gasteiger partial charge in [0.05, 0.1) is 0 Å². The van der Waals surface area contributed by atoms with Gasteiger partial charge >= 0.3 is 0 Å². The smallest absolute Gasteiger partial charge is 0.240 e. The summed E-state index contributed by atoms with van der Waals surface area (Å²) in [6.07, 6.45) is 8.30. The van der Waals surface area contributed by atoms with Crippen molar-refractivity contribution < 1.29 is 9.90 Å². The Bertz CT molecular complexity index is 633. The van der Waals surface area contributed by atoms with E-state index >= 15 is 0 Å². The van der Waals surface area contributed by atoms with Crippen molar-refractivity contribution in [3.63, 3.8) is 0 Å². The van der Waals surface area contributed by atoms with Gasteiger partial charge in [-0.15, -0.1) is 0 Å². The molecule has 1 heterocycles. The lowest BCUT2D eigenvalue weighted by molar-refractivity contribution is -0.122. The Morgan fingerprint density at radius 2 is 2.00 bits per heavy atom. The van der Waals surface area contributed by atoms with E-state index in [2.05, 4.69) is 10.3 Å². The van der Waals surface area contributed by atoms with Crippen molar-refractivity contribution in [2.24, 2.45) is 0 Å². The molecule has 0 aliphatic heterocycles. The van der Waals surface area contributed by atoms with Crippen LogP contribution in [0.2, 0.25) is 0 Å². The highest BCUT2D eigenvalue weighted by atomic mass is 16.3. The Morgan fingerprint density at radius 3 is 2.74 bits per heavy atom. The van der Waals surface area contributed by atoms with Crippen molar-refractivity contribution in [1.29, 1.82) is 0 Å². The number of aliphatic hydroxyl groups excluding tert-OH is 1. The Balaban J connectivity index is 1.65. The van der Waals surface area contributed by atoms with Gasteiger partial charge in [0.15, 0.2) is 0 Å². The van der Waals surface area contributed by atoms with Crippen LogP contribution < -0.4 is 5.32 Å². The zero-order chi connectivity index (χ0) is 16.1. The first kappa shape index (κ1) is 15.7. The molecule has 2 aromatic rings. The van der Waals surface area contributed by atoms with E-state index < -0.39 is 6.10 Å². The molecule has 0 bridgehead atoms. The first-order valence-corrected chi connectivity index (χ1v) is 8.27. The monoisotopic (exact) mass is 313 g/mol. The number of carbonyl (C=O) groups excluding carboxylic acids is 1. The van der Waals surface area contributed by atoms with E-state index in [1.165, 1.54) is 19.3 Å². The van der Waals surface area contributed by atoms with Crippen LogP contribution in [-0.2, 0) is 11.3 Å². The van der Waals surface area contributed by atoms with Gasteiger partial charge in [-0.05, 0) is 18.4 Å². The highest BCUT2D eigenvalue weighted by Crippen LogP contribution is 2.20. The van der Waals surface area contributed by atoms with Crippen molar-refractivity contribution in [2.75, 3.05) is 0 Å². The van der Waals surface area contributed by atoms with Crippen molar-refractivity contribution in [3.05, 3.63) is 54.1 Å². The fraction of sp³-hybridized carbons (Fsp3) is 0.444. The number of imidazole rings is 1. The number of rotatable bonds is 5. The molecule has 5 heteroatoms. The van der Waals surface area contributed by atoms with E-state index in [4.69, 9.17) is 0 Å². The zero-order valence-electron chi connectivity index (χ0n) is 13.2. The Labute approximate surface area is 136 Å². The molecule has 23 heavy (non-hydrogen) atoms. The number of amides is 1. The third-order valence-electron chi connectivity index (χ3n) is 4.39. The molecule has 1 aromatic carbocycles. The first-order chi connectivity index (χ1) is 11.2. The van der Waals surface area contributed by atoms with E-state index in [1.807, 2.05) is 30.3 Å². The average Bonchev–Trinajstić information content (AvgIpc) is 3.03. The molecule has 1 atom stereocenters. The molecule has 0 unspecified atom stereocenters. The minimum absolute atomic E-state index is 0.0172. The number of carbonyl (C=O) groups is 1. The largest absolute Gasteiger partial charge is 0.380 e. The molecule has 1 aliphatic carbocycles. The second kappa shape index (κ2) is 7.42. The van der Waals surface area contributed by atoms with Crippen molar-refractivity contribution in [3.8, 4) is 0 Å². The number of hydrogen-bond acceptors (Lipinski definition) is 3. The fourth-order valence-electron chi connectivity index (χ4n) is 3.16. The van der Waals surface area contributed by atoms with Crippen LogP contribution >= 0.6 is 0 Å². The average molecular weight is 313 g/mol. The molecule has 0 radical (unpaired) electrons. The van der Waals surface area contributed by atoms with Gasteiger partial charge in [0.25, 0.3) is 0 Å². The number of aromatic nitrogens is 2. The van der Waals surface area contributed by atoms with Crippen LogP contribution in [0.4, 0.5) is 0 Å². The number of benzene rings is 1. The molecule has 1 aromatic heterocycles. The van der Waals surface area contributed by atoms with Crippen molar-refractivity contribution >= 4 is 5.91 Å². The molecular weight excluding hydrogens is 290 g/mol. The standard InChI is InChI=1S/C18H23N3O2/c22-16(20-15-9-5-2-6-10-15)13-21-12-11-19-18(21)17(23)14-7-3-1-4-8-14/h1,3-4,7-8,11-12,15,17,23H,2,5-6,9-10,13H2,(H,20,22)/t17-/m0/s1. The van der Waals surface area contributed by atoms with Crippen LogP contribution in [0.5, 0.6) is 0 Å². The third kappa shape index (κ3) is 3.99. The molecule has 2 N–H and O–H groups in total. The normalized spacial score (nSPS) is 16.9. The topological polar surface area (TPSA) is 67.2 Å². The van der Waals surface area contributed by atoms with Gasteiger partial charge in [0.2, 0.25) is 5.91 Å². The van der Waals surface area contributed by atoms with Gasteiger partial charge in [0, 0.05) is 18.4 Å². The van der Waals surface area contributed by atoms with Gasteiger partial charge in [-0.1, -0.05) is 49.6 Å². The quantitative estimate of drug-likeness (QED) is 0.891. The molecule has 1 amide bonds. The molecule has 1 fully saturated rings. The summed E-state index contributed by atoms with van der Waals surface area (Å²) < 4.78 is 1.72. The number of aliphatic hydroxyl groups is 1. The lowest BCUT2D eigenvalue weighted by Crippen LogP contribution is -2.38. The van der Waals surface area contributed by atoms with Gasteiger partial charge < -0.3 is 15.0 Å². The molecule has 1 saturated carbocycles. The van der Waals surface area contributed by atoms with E-state index in [0.717, 1.165) is 18.4 Å². The van der Waals surface area contributed by atoms with Crippen molar-refractivity contribution in [1.82, 2.24) is 14.9 Å². The van der Waals surface area contributed by atoms with Gasteiger partial charge in [-0.25, -0.2) is 4.98 Å². The van der Waals surface area contributed by atoms with Crippen LogP contribution in [0.1, 0.15) is 49.6 Å². The number of nitrogens with zero attached hydrogens (tertiary/aromatic N) is 2. The molecule has 0 spiro atoms.